The van der Waals surface area contributed by atoms with Crippen LogP contribution in [-0.4, -0.2) is 28.9 Å². The summed E-state index contributed by atoms with van der Waals surface area (Å²) in [5.41, 5.74) is 2.71. The molecule has 0 spiro atoms. The van der Waals surface area contributed by atoms with Crippen molar-refractivity contribution in [2.75, 3.05) is 0 Å². The SMILES string of the molecule is CCC(C)NC(=O)C(C)NC(=O)c1ccc(CSc2nc(C)cs2)cc1. The van der Waals surface area contributed by atoms with Gasteiger partial charge in [0, 0.05) is 28.4 Å². The number of nitrogens with one attached hydrogen (secondary N) is 2. The first-order valence-corrected chi connectivity index (χ1v) is 10.5. The standard InChI is InChI=1S/C19H25N3O2S2/c1-5-12(2)20-17(23)14(4)22-18(24)16-8-6-15(7-9-16)11-26-19-21-13(3)10-25-19/h6-10,12,14H,5,11H2,1-4H3,(H,20,23)(H,22,24). The summed E-state index contributed by atoms with van der Waals surface area (Å²) < 4.78 is 1.05. The van der Waals surface area contributed by atoms with Crippen molar-refractivity contribution in [3.8, 4) is 0 Å². The Morgan fingerprint density at radius 3 is 2.46 bits per heavy atom. The van der Waals surface area contributed by atoms with Crippen LogP contribution in [0, 0.1) is 6.92 Å². The van der Waals surface area contributed by atoms with E-state index in [2.05, 4.69) is 15.6 Å². The minimum atomic E-state index is -0.570. The van der Waals surface area contributed by atoms with Crippen LogP contribution in [0.5, 0.6) is 0 Å². The Balaban J connectivity index is 1.86. The van der Waals surface area contributed by atoms with Crippen molar-refractivity contribution in [1.29, 1.82) is 0 Å². The highest BCUT2D eigenvalue weighted by Gasteiger charge is 2.17. The molecule has 2 rings (SSSR count). The summed E-state index contributed by atoms with van der Waals surface area (Å²) in [4.78, 5) is 28.8. The quantitative estimate of drug-likeness (QED) is 0.672. The van der Waals surface area contributed by atoms with Crippen LogP contribution in [0.15, 0.2) is 34.0 Å². The van der Waals surface area contributed by atoms with Gasteiger partial charge in [-0.1, -0.05) is 30.8 Å². The summed E-state index contributed by atoms with van der Waals surface area (Å²) in [6.07, 6.45) is 0.854. The van der Waals surface area contributed by atoms with Gasteiger partial charge in [0.1, 0.15) is 10.4 Å². The van der Waals surface area contributed by atoms with Crippen molar-refractivity contribution >= 4 is 34.9 Å². The maximum absolute atomic E-state index is 12.3. The number of benzene rings is 1. The number of amides is 2. The number of carbonyl (C=O) groups excluding carboxylic acids is 2. The van der Waals surface area contributed by atoms with Gasteiger partial charge in [-0.05, 0) is 44.9 Å². The molecule has 2 aromatic rings. The minimum absolute atomic E-state index is 0.0975. The van der Waals surface area contributed by atoms with E-state index in [4.69, 9.17) is 0 Å². The minimum Gasteiger partial charge on any atom is -0.352 e. The highest BCUT2D eigenvalue weighted by atomic mass is 32.2. The molecule has 1 aromatic carbocycles. The lowest BCUT2D eigenvalue weighted by atomic mass is 10.1. The molecule has 5 nitrogen and oxygen atoms in total. The fourth-order valence-electron chi connectivity index (χ4n) is 2.11. The molecule has 0 aliphatic rings. The molecule has 0 bridgehead atoms. The zero-order chi connectivity index (χ0) is 19.1. The zero-order valence-electron chi connectivity index (χ0n) is 15.5. The van der Waals surface area contributed by atoms with E-state index in [9.17, 15) is 9.59 Å². The molecule has 1 heterocycles. The van der Waals surface area contributed by atoms with Crippen molar-refractivity contribution < 1.29 is 9.59 Å². The molecule has 0 fully saturated rings. The third-order valence-corrected chi connectivity index (χ3v) is 6.13. The first-order chi connectivity index (χ1) is 12.4. The monoisotopic (exact) mass is 391 g/mol. The Labute approximate surface area is 163 Å². The average Bonchev–Trinajstić information content (AvgIpc) is 3.05. The summed E-state index contributed by atoms with van der Waals surface area (Å²) in [5.74, 6) is 0.397. The topological polar surface area (TPSA) is 71.1 Å². The van der Waals surface area contributed by atoms with Gasteiger partial charge < -0.3 is 10.6 Å². The fourth-order valence-corrected chi connectivity index (χ4v) is 3.92. The Morgan fingerprint density at radius 2 is 1.88 bits per heavy atom. The molecule has 0 aliphatic heterocycles. The van der Waals surface area contributed by atoms with Crippen molar-refractivity contribution in [2.24, 2.45) is 0 Å². The number of thioether (sulfide) groups is 1. The van der Waals surface area contributed by atoms with Gasteiger partial charge in [-0.2, -0.15) is 0 Å². The number of rotatable bonds is 8. The van der Waals surface area contributed by atoms with Gasteiger partial charge in [0.2, 0.25) is 5.91 Å². The third kappa shape index (κ3) is 6.14. The van der Waals surface area contributed by atoms with Crippen LogP contribution in [0.2, 0.25) is 0 Å². The zero-order valence-corrected chi connectivity index (χ0v) is 17.2. The van der Waals surface area contributed by atoms with Crippen LogP contribution in [0.25, 0.3) is 0 Å². The number of aromatic nitrogens is 1. The largest absolute Gasteiger partial charge is 0.352 e. The van der Waals surface area contributed by atoms with Crippen molar-refractivity contribution in [3.05, 3.63) is 46.5 Å². The average molecular weight is 392 g/mol. The first kappa shape index (κ1) is 20.5. The molecule has 0 saturated carbocycles. The number of hydrogen-bond acceptors (Lipinski definition) is 5. The first-order valence-electron chi connectivity index (χ1n) is 8.64. The van der Waals surface area contributed by atoms with Gasteiger partial charge >= 0.3 is 0 Å². The normalized spacial score (nSPS) is 13.1. The van der Waals surface area contributed by atoms with Crippen molar-refractivity contribution in [2.45, 2.75) is 56.3 Å². The van der Waals surface area contributed by atoms with E-state index in [0.29, 0.717) is 5.56 Å². The van der Waals surface area contributed by atoms with E-state index >= 15 is 0 Å². The lowest BCUT2D eigenvalue weighted by molar-refractivity contribution is -0.123. The van der Waals surface area contributed by atoms with Gasteiger partial charge in [0.15, 0.2) is 0 Å². The van der Waals surface area contributed by atoms with Gasteiger partial charge in [-0.15, -0.1) is 11.3 Å². The summed E-state index contributed by atoms with van der Waals surface area (Å²) in [5, 5.41) is 7.64. The van der Waals surface area contributed by atoms with Gasteiger partial charge in [-0.25, -0.2) is 4.98 Å². The molecule has 2 unspecified atom stereocenters. The lowest BCUT2D eigenvalue weighted by Gasteiger charge is -2.17. The van der Waals surface area contributed by atoms with E-state index in [0.717, 1.165) is 27.8 Å². The number of thiazole rings is 1. The highest BCUT2D eigenvalue weighted by Crippen LogP contribution is 2.26. The molecule has 2 atom stereocenters. The Hall–Kier alpha value is -1.86. The summed E-state index contributed by atoms with van der Waals surface area (Å²) in [7, 11) is 0. The molecule has 26 heavy (non-hydrogen) atoms. The number of hydrogen-bond donors (Lipinski definition) is 2. The maximum atomic E-state index is 12.3. The predicted molar refractivity (Wildman–Crippen MR) is 108 cm³/mol. The second kappa shape index (κ2) is 9.73. The maximum Gasteiger partial charge on any atom is 0.251 e. The predicted octanol–water partition coefficient (Wildman–Crippen LogP) is 3.78. The number of nitrogens with zero attached hydrogens (tertiary/aromatic N) is 1. The Morgan fingerprint density at radius 1 is 1.19 bits per heavy atom. The van der Waals surface area contributed by atoms with E-state index in [-0.39, 0.29) is 17.9 Å². The summed E-state index contributed by atoms with van der Waals surface area (Å²) in [6, 6.07) is 6.98. The molecule has 1 aromatic heterocycles. The van der Waals surface area contributed by atoms with Crippen LogP contribution >= 0.6 is 23.1 Å². The van der Waals surface area contributed by atoms with Crippen LogP contribution in [-0.2, 0) is 10.5 Å². The molecule has 0 aliphatic carbocycles. The second-order valence-corrected chi connectivity index (χ2v) is 8.33. The van der Waals surface area contributed by atoms with Gasteiger partial charge in [0.25, 0.3) is 5.91 Å². The third-order valence-electron chi connectivity index (χ3n) is 3.92. The molecular formula is C19H25N3O2S2. The van der Waals surface area contributed by atoms with E-state index in [1.807, 2.05) is 38.3 Å². The summed E-state index contributed by atoms with van der Waals surface area (Å²) in [6.45, 7) is 7.62. The molecule has 2 N–H and O–H groups in total. The molecule has 7 heteroatoms. The smallest absolute Gasteiger partial charge is 0.251 e. The number of carbonyl (C=O) groups is 2. The van der Waals surface area contributed by atoms with E-state index in [1.54, 1.807) is 42.2 Å². The van der Waals surface area contributed by atoms with Crippen molar-refractivity contribution in [1.82, 2.24) is 15.6 Å². The fraction of sp³-hybridized carbons (Fsp3) is 0.421. The van der Waals surface area contributed by atoms with Crippen LogP contribution in [0.1, 0.15) is 48.8 Å². The molecular weight excluding hydrogens is 366 g/mol. The molecule has 0 saturated heterocycles. The molecule has 140 valence electrons. The highest BCUT2D eigenvalue weighted by molar-refractivity contribution is 8.00. The Bertz CT molecular complexity index is 743. The van der Waals surface area contributed by atoms with Crippen LogP contribution in [0.3, 0.4) is 0 Å². The summed E-state index contributed by atoms with van der Waals surface area (Å²) >= 11 is 3.33. The Kier molecular flexibility index (Phi) is 7.66. The van der Waals surface area contributed by atoms with Crippen molar-refractivity contribution in [3.63, 3.8) is 0 Å². The van der Waals surface area contributed by atoms with Crippen LogP contribution < -0.4 is 10.6 Å². The van der Waals surface area contributed by atoms with Crippen LogP contribution in [0.4, 0.5) is 0 Å². The van der Waals surface area contributed by atoms with E-state index in [1.165, 1.54) is 0 Å². The molecule has 0 radical (unpaired) electrons. The second-order valence-electron chi connectivity index (χ2n) is 6.25. The number of aryl methyl sites for hydroxylation is 1. The van der Waals surface area contributed by atoms with Gasteiger partial charge in [-0.3, -0.25) is 9.59 Å². The van der Waals surface area contributed by atoms with E-state index < -0.39 is 6.04 Å². The lowest BCUT2D eigenvalue weighted by Crippen LogP contribution is -2.47. The molecule has 2 amide bonds. The van der Waals surface area contributed by atoms with Gasteiger partial charge in [0.05, 0.1) is 0 Å².